The van der Waals surface area contributed by atoms with Gasteiger partial charge in [0, 0.05) is 32.7 Å². The van der Waals surface area contributed by atoms with Crippen molar-refractivity contribution in [3.8, 4) is 0 Å². The topological polar surface area (TPSA) is 85.1 Å². The SMILES string of the molecule is CCNC(=NCCCC(=O)OC1CCCC1)NCCCOCc1ccco1. The van der Waals surface area contributed by atoms with Gasteiger partial charge in [0.1, 0.15) is 18.5 Å². The standard InChI is InChI=1S/C20H33N3O4/c1-2-21-20(23-13-7-14-25-16-18-10-6-15-26-18)22-12-5-11-19(24)27-17-8-3-4-9-17/h6,10,15,17H,2-5,7-9,11-14,16H2,1H3,(H2,21,22,23). The number of hydrogen-bond donors (Lipinski definition) is 2. The molecule has 1 aromatic heterocycles. The molecule has 2 N–H and O–H groups in total. The van der Waals surface area contributed by atoms with E-state index in [1.165, 1.54) is 12.8 Å². The van der Waals surface area contributed by atoms with E-state index in [1.54, 1.807) is 6.26 Å². The zero-order valence-corrected chi connectivity index (χ0v) is 16.4. The number of rotatable bonds is 12. The van der Waals surface area contributed by atoms with Crippen LogP contribution in [0.2, 0.25) is 0 Å². The second kappa shape index (κ2) is 13.2. The van der Waals surface area contributed by atoms with Gasteiger partial charge in [-0.15, -0.1) is 0 Å². The minimum atomic E-state index is -0.0937. The Bertz CT molecular complexity index is 539. The Morgan fingerprint density at radius 3 is 2.89 bits per heavy atom. The number of hydrogen-bond acceptors (Lipinski definition) is 5. The minimum Gasteiger partial charge on any atom is -0.467 e. The fourth-order valence-corrected chi connectivity index (χ4v) is 2.96. The summed E-state index contributed by atoms with van der Waals surface area (Å²) in [4.78, 5) is 16.3. The molecule has 1 aromatic rings. The molecule has 7 heteroatoms. The smallest absolute Gasteiger partial charge is 0.306 e. The molecular formula is C20H33N3O4. The quantitative estimate of drug-likeness (QED) is 0.251. The average molecular weight is 380 g/mol. The first-order chi connectivity index (χ1) is 13.3. The van der Waals surface area contributed by atoms with Gasteiger partial charge >= 0.3 is 5.97 Å². The highest BCUT2D eigenvalue weighted by Gasteiger charge is 2.18. The van der Waals surface area contributed by atoms with E-state index in [9.17, 15) is 4.79 Å². The Morgan fingerprint density at radius 1 is 1.30 bits per heavy atom. The minimum absolute atomic E-state index is 0.0937. The molecule has 0 saturated heterocycles. The first kappa shape index (κ1) is 21.3. The van der Waals surface area contributed by atoms with Crippen LogP contribution in [-0.2, 0) is 20.9 Å². The Hall–Kier alpha value is -2.02. The van der Waals surface area contributed by atoms with Crippen LogP contribution in [0.15, 0.2) is 27.8 Å². The van der Waals surface area contributed by atoms with Crippen molar-refractivity contribution >= 4 is 11.9 Å². The van der Waals surface area contributed by atoms with Crippen LogP contribution < -0.4 is 10.6 Å². The van der Waals surface area contributed by atoms with Crippen LogP contribution in [0.5, 0.6) is 0 Å². The summed E-state index contributed by atoms with van der Waals surface area (Å²) in [6.07, 6.45) is 8.19. The van der Waals surface area contributed by atoms with Gasteiger partial charge in [0.2, 0.25) is 0 Å². The van der Waals surface area contributed by atoms with E-state index in [0.29, 0.717) is 32.6 Å². The van der Waals surface area contributed by atoms with Crippen LogP contribution >= 0.6 is 0 Å². The molecule has 0 aliphatic heterocycles. The number of ether oxygens (including phenoxy) is 2. The van der Waals surface area contributed by atoms with Gasteiger partial charge in [-0.25, -0.2) is 0 Å². The van der Waals surface area contributed by atoms with Crippen LogP contribution in [0.1, 0.15) is 57.6 Å². The fourth-order valence-electron chi connectivity index (χ4n) is 2.96. The number of guanidine groups is 1. The van der Waals surface area contributed by atoms with E-state index in [2.05, 4.69) is 15.6 Å². The number of aliphatic imine (C=N–C) groups is 1. The molecule has 152 valence electrons. The van der Waals surface area contributed by atoms with Crippen molar-refractivity contribution in [2.75, 3.05) is 26.2 Å². The monoisotopic (exact) mass is 379 g/mol. The maximum atomic E-state index is 11.8. The van der Waals surface area contributed by atoms with Crippen molar-refractivity contribution in [2.24, 2.45) is 4.99 Å². The zero-order valence-electron chi connectivity index (χ0n) is 16.4. The molecule has 1 aliphatic rings. The lowest BCUT2D eigenvalue weighted by Crippen LogP contribution is -2.38. The summed E-state index contributed by atoms with van der Waals surface area (Å²) >= 11 is 0. The molecule has 1 heterocycles. The molecule has 7 nitrogen and oxygen atoms in total. The lowest BCUT2D eigenvalue weighted by Gasteiger charge is -2.12. The van der Waals surface area contributed by atoms with E-state index in [0.717, 1.165) is 44.1 Å². The normalized spacial score (nSPS) is 15.1. The molecule has 0 radical (unpaired) electrons. The van der Waals surface area contributed by atoms with Crippen molar-refractivity contribution in [2.45, 2.75) is 64.6 Å². The third-order valence-electron chi connectivity index (χ3n) is 4.34. The Kier molecular flexibility index (Phi) is 10.4. The Morgan fingerprint density at radius 2 is 2.15 bits per heavy atom. The predicted octanol–water partition coefficient (Wildman–Crippen LogP) is 3.01. The lowest BCUT2D eigenvalue weighted by atomic mass is 10.3. The van der Waals surface area contributed by atoms with E-state index < -0.39 is 0 Å². The first-order valence-corrected chi connectivity index (χ1v) is 10.1. The maximum Gasteiger partial charge on any atom is 0.306 e. The molecule has 0 spiro atoms. The van der Waals surface area contributed by atoms with Gasteiger partial charge in [-0.05, 0) is 57.6 Å². The molecule has 1 fully saturated rings. The average Bonchev–Trinajstić information content (AvgIpc) is 3.35. The van der Waals surface area contributed by atoms with Crippen molar-refractivity contribution in [1.29, 1.82) is 0 Å². The Balaban J connectivity index is 1.52. The molecule has 0 unspecified atom stereocenters. The summed E-state index contributed by atoms with van der Waals surface area (Å²) in [5.74, 6) is 1.51. The summed E-state index contributed by atoms with van der Waals surface area (Å²) in [6, 6.07) is 3.76. The summed E-state index contributed by atoms with van der Waals surface area (Å²) in [5, 5.41) is 6.49. The largest absolute Gasteiger partial charge is 0.467 e. The van der Waals surface area contributed by atoms with Gasteiger partial charge < -0.3 is 24.5 Å². The van der Waals surface area contributed by atoms with Gasteiger partial charge in [0.25, 0.3) is 0 Å². The Labute approximate surface area is 161 Å². The van der Waals surface area contributed by atoms with Crippen LogP contribution in [0, 0.1) is 0 Å². The van der Waals surface area contributed by atoms with Crippen molar-refractivity contribution in [3.05, 3.63) is 24.2 Å². The van der Waals surface area contributed by atoms with Crippen LogP contribution in [0.4, 0.5) is 0 Å². The highest BCUT2D eigenvalue weighted by atomic mass is 16.5. The molecule has 0 atom stereocenters. The summed E-state index contributed by atoms with van der Waals surface area (Å²) in [6.45, 7) is 5.35. The lowest BCUT2D eigenvalue weighted by molar-refractivity contribution is -0.148. The highest BCUT2D eigenvalue weighted by molar-refractivity contribution is 5.79. The highest BCUT2D eigenvalue weighted by Crippen LogP contribution is 2.21. The second-order valence-electron chi connectivity index (χ2n) is 6.67. The van der Waals surface area contributed by atoms with Gasteiger partial charge in [0.15, 0.2) is 5.96 Å². The van der Waals surface area contributed by atoms with Crippen molar-refractivity contribution in [1.82, 2.24) is 10.6 Å². The predicted molar refractivity (Wildman–Crippen MR) is 105 cm³/mol. The van der Waals surface area contributed by atoms with E-state index in [-0.39, 0.29) is 12.1 Å². The van der Waals surface area contributed by atoms with Crippen molar-refractivity contribution in [3.63, 3.8) is 0 Å². The molecule has 1 aliphatic carbocycles. The molecule has 2 rings (SSSR count). The first-order valence-electron chi connectivity index (χ1n) is 10.1. The number of carbonyl (C=O) groups excluding carboxylic acids is 1. The maximum absolute atomic E-state index is 11.8. The summed E-state index contributed by atoms with van der Waals surface area (Å²) < 4.78 is 16.2. The van der Waals surface area contributed by atoms with E-state index in [4.69, 9.17) is 13.9 Å². The van der Waals surface area contributed by atoms with Gasteiger partial charge in [-0.3, -0.25) is 9.79 Å². The number of furan rings is 1. The third kappa shape index (κ3) is 9.47. The molecule has 27 heavy (non-hydrogen) atoms. The van der Waals surface area contributed by atoms with Gasteiger partial charge in [-0.2, -0.15) is 0 Å². The van der Waals surface area contributed by atoms with Crippen molar-refractivity contribution < 1.29 is 18.7 Å². The summed E-state index contributed by atoms with van der Waals surface area (Å²) in [7, 11) is 0. The number of nitrogens with zero attached hydrogens (tertiary/aromatic N) is 1. The molecular weight excluding hydrogens is 346 g/mol. The molecule has 0 aromatic carbocycles. The molecule has 0 amide bonds. The van der Waals surface area contributed by atoms with Crippen LogP contribution in [-0.4, -0.2) is 44.3 Å². The van der Waals surface area contributed by atoms with Gasteiger partial charge in [-0.1, -0.05) is 0 Å². The van der Waals surface area contributed by atoms with Gasteiger partial charge in [0.05, 0.1) is 6.26 Å². The second-order valence-corrected chi connectivity index (χ2v) is 6.67. The van der Waals surface area contributed by atoms with E-state index in [1.807, 2.05) is 19.1 Å². The van der Waals surface area contributed by atoms with Crippen LogP contribution in [0.3, 0.4) is 0 Å². The summed E-state index contributed by atoms with van der Waals surface area (Å²) in [5.41, 5.74) is 0. The van der Waals surface area contributed by atoms with Crippen LogP contribution in [0.25, 0.3) is 0 Å². The number of carbonyl (C=O) groups is 1. The fraction of sp³-hybridized carbons (Fsp3) is 0.700. The molecule has 1 saturated carbocycles. The zero-order chi connectivity index (χ0) is 19.2. The third-order valence-corrected chi connectivity index (χ3v) is 4.34. The number of esters is 1. The number of nitrogens with one attached hydrogen (secondary N) is 2. The molecule has 0 bridgehead atoms. The van der Waals surface area contributed by atoms with E-state index >= 15 is 0 Å².